The molecule has 80 valence electrons. The van der Waals surface area contributed by atoms with Gasteiger partial charge < -0.3 is 5.73 Å². The molecule has 1 aromatic rings. The van der Waals surface area contributed by atoms with Gasteiger partial charge in [0.15, 0.2) is 0 Å². The summed E-state index contributed by atoms with van der Waals surface area (Å²) in [7, 11) is 0. The zero-order chi connectivity index (χ0) is 12.1. The van der Waals surface area contributed by atoms with E-state index >= 15 is 0 Å². The van der Waals surface area contributed by atoms with Crippen LogP contribution in [0.15, 0.2) is 36.1 Å². The summed E-state index contributed by atoms with van der Waals surface area (Å²) in [4.78, 5) is 7.93. The van der Waals surface area contributed by atoms with E-state index in [0.717, 1.165) is 11.3 Å². The first kappa shape index (κ1) is 11.7. The molecule has 0 aromatic carbocycles. The van der Waals surface area contributed by atoms with Crippen LogP contribution in [0.3, 0.4) is 0 Å². The molecule has 0 bridgehead atoms. The maximum absolute atomic E-state index is 8.47. The average Bonchev–Trinajstić information content (AvgIpc) is 2.29. The van der Waals surface area contributed by atoms with Gasteiger partial charge in [-0.2, -0.15) is 5.26 Å². The number of nitrogen functional groups attached to an aromatic ring is 1. The second kappa shape index (κ2) is 4.89. The van der Waals surface area contributed by atoms with E-state index < -0.39 is 0 Å². The number of allylic oxidation sites excluding steroid dienone is 2. The van der Waals surface area contributed by atoms with Crippen molar-refractivity contribution in [3.05, 3.63) is 42.4 Å². The van der Waals surface area contributed by atoms with E-state index in [0.29, 0.717) is 11.3 Å². The van der Waals surface area contributed by atoms with E-state index in [9.17, 15) is 0 Å². The number of aryl methyl sites for hydroxylation is 1. The second-order valence-corrected chi connectivity index (χ2v) is 3.24. The van der Waals surface area contributed by atoms with Crippen molar-refractivity contribution in [1.82, 2.24) is 4.98 Å². The standard InChI is InChI=1S/C12H12N4/c1-8(6-15-9(2)5-13)11-4-12(14)10(3)16-7-11/h4,6-7H,1-2,14H2,3H3/b15-6+. The van der Waals surface area contributed by atoms with Crippen LogP contribution >= 0.6 is 0 Å². The summed E-state index contributed by atoms with van der Waals surface area (Å²) >= 11 is 0. The predicted molar refractivity (Wildman–Crippen MR) is 65.7 cm³/mol. The fourth-order valence-corrected chi connectivity index (χ4v) is 0.985. The van der Waals surface area contributed by atoms with Crippen molar-refractivity contribution in [2.45, 2.75) is 6.92 Å². The summed E-state index contributed by atoms with van der Waals surface area (Å²) in [6.45, 7) is 9.06. The normalized spacial score (nSPS) is 10.0. The Kier molecular flexibility index (Phi) is 3.57. The molecule has 0 saturated carbocycles. The van der Waals surface area contributed by atoms with Crippen LogP contribution in [0.4, 0.5) is 5.69 Å². The fraction of sp³-hybridized carbons (Fsp3) is 0.0833. The number of aromatic nitrogens is 1. The van der Waals surface area contributed by atoms with E-state index in [2.05, 4.69) is 23.1 Å². The molecule has 0 aliphatic rings. The third-order valence-electron chi connectivity index (χ3n) is 2.00. The van der Waals surface area contributed by atoms with Gasteiger partial charge in [-0.3, -0.25) is 4.98 Å². The third-order valence-corrected chi connectivity index (χ3v) is 2.00. The summed E-state index contributed by atoms with van der Waals surface area (Å²) in [5, 5.41) is 8.47. The Bertz CT molecular complexity index is 506. The van der Waals surface area contributed by atoms with Gasteiger partial charge in [0.2, 0.25) is 0 Å². The second-order valence-electron chi connectivity index (χ2n) is 3.24. The predicted octanol–water partition coefficient (Wildman–Crippen LogP) is 2.09. The highest BCUT2D eigenvalue weighted by molar-refractivity contribution is 6.09. The molecule has 1 rings (SSSR count). The number of nitrogens with two attached hydrogens (primary N) is 1. The van der Waals surface area contributed by atoms with Crippen LogP contribution in [0.2, 0.25) is 0 Å². The molecule has 4 nitrogen and oxygen atoms in total. The monoisotopic (exact) mass is 212 g/mol. The Balaban J connectivity index is 2.90. The maximum atomic E-state index is 8.47. The molecule has 0 aliphatic carbocycles. The average molecular weight is 212 g/mol. The molecule has 2 N–H and O–H groups in total. The Morgan fingerprint density at radius 2 is 2.31 bits per heavy atom. The number of anilines is 1. The van der Waals surface area contributed by atoms with Gasteiger partial charge in [-0.1, -0.05) is 13.2 Å². The minimum atomic E-state index is 0.134. The molecular weight excluding hydrogens is 200 g/mol. The molecule has 0 saturated heterocycles. The Morgan fingerprint density at radius 3 is 2.88 bits per heavy atom. The number of aliphatic imine (C=N–C) groups is 1. The number of hydrogen-bond donors (Lipinski definition) is 1. The lowest BCUT2D eigenvalue weighted by Crippen LogP contribution is -1.95. The van der Waals surface area contributed by atoms with Crippen molar-refractivity contribution in [1.29, 1.82) is 5.26 Å². The van der Waals surface area contributed by atoms with Crippen LogP contribution < -0.4 is 5.73 Å². The van der Waals surface area contributed by atoms with Gasteiger partial charge in [0.05, 0.1) is 11.4 Å². The molecular formula is C12H12N4. The molecule has 0 spiro atoms. The number of nitrogens with zero attached hydrogens (tertiary/aromatic N) is 3. The molecule has 0 fully saturated rings. The minimum absolute atomic E-state index is 0.134. The van der Waals surface area contributed by atoms with Crippen molar-refractivity contribution in [3.63, 3.8) is 0 Å². The highest BCUT2D eigenvalue weighted by Crippen LogP contribution is 2.15. The Labute approximate surface area is 94.5 Å². The highest BCUT2D eigenvalue weighted by atomic mass is 14.7. The SMILES string of the molecule is C=C(C#N)/N=C/C(=C)c1cnc(C)c(N)c1. The summed E-state index contributed by atoms with van der Waals surface area (Å²) in [5.41, 5.74) is 8.64. The van der Waals surface area contributed by atoms with Crippen LogP contribution in [-0.4, -0.2) is 11.2 Å². The van der Waals surface area contributed by atoms with Crippen LogP contribution in [0.5, 0.6) is 0 Å². The van der Waals surface area contributed by atoms with Crippen LogP contribution in [0, 0.1) is 18.3 Å². The van der Waals surface area contributed by atoms with E-state index in [4.69, 9.17) is 11.0 Å². The largest absolute Gasteiger partial charge is 0.397 e. The molecule has 0 unspecified atom stereocenters. The van der Waals surface area contributed by atoms with Crippen molar-refractivity contribution in [2.75, 3.05) is 5.73 Å². The van der Waals surface area contributed by atoms with E-state index in [1.807, 2.05) is 13.0 Å². The van der Waals surface area contributed by atoms with E-state index in [1.54, 1.807) is 12.3 Å². The first-order valence-corrected chi connectivity index (χ1v) is 4.59. The summed E-state index contributed by atoms with van der Waals surface area (Å²) in [6.07, 6.45) is 3.13. The highest BCUT2D eigenvalue weighted by Gasteiger charge is 2.00. The zero-order valence-electron chi connectivity index (χ0n) is 9.07. The van der Waals surface area contributed by atoms with Crippen LogP contribution in [0.1, 0.15) is 11.3 Å². The van der Waals surface area contributed by atoms with Gasteiger partial charge in [-0.05, 0) is 18.6 Å². The van der Waals surface area contributed by atoms with Gasteiger partial charge >= 0.3 is 0 Å². The van der Waals surface area contributed by atoms with Gasteiger partial charge in [-0.25, -0.2) is 4.99 Å². The summed E-state index contributed by atoms with van der Waals surface area (Å²) < 4.78 is 0. The molecule has 0 aliphatic heterocycles. The minimum Gasteiger partial charge on any atom is -0.397 e. The molecule has 0 radical (unpaired) electrons. The lowest BCUT2D eigenvalue weighted by atomic mass is 10.1. The van der Waals surface area contributed by atoms with Gasteiger partial charge in [-0.15, -0.1) is 0 Å². The quantitative estimate of drug-likeness (QED) is 0.615. The third kappa shape index (κ3) is 2.79. The number of rotatable bonds is 3. The zero-order valence-corrected chi connectivity index (χ0v) is 9.07. The van der Waals surface area contributed by atoms with Crippen molar-refractivity contribution in [2.24, 2.45) is 4.99 Å². The first-order chi connectivity index (χ1) is 7.54. The van der Waals surface area contributed by atoms with Crippen molar-refractivity contribution in [3.8, 4) is 6.07 Å². The number of nitriles is 1. The van der Waals surface area contributed by atoms with Crippen molar-refractivity contribution < 1.29 is 0 Å². The van der Waals surface area contributed by atoms with Gasteiger partial charge in [0, 0.05) is 18.0 Å². The number of hydrogen-bond acceptors (Lipinski definition) is 4. The first-order valence-electron chi connectivity index (χ1n) is 4.59. The molecule has 4 heteroatoms. The fourth-order valence-electron chi connectivity index (χ4n) is 0.985. The lowest BCUT2D eigenvalue weighted by Gasteiger charge is -2.03. The van der Waals surface area contributed by atoms with Crippen LogP contribution in [-0.2, 0) is 0 Å². The molecule has 1 heterocycles. The number of pyridine rings is 1. The Morgan fingerprint density at radius 1 is 1.62 bits per heavy atom. The van der Waals surface area contributed by atoms with E-state index in [-0.39, 0.29) is 5.70 Å². The summed E-state index contributed by atoms with van der Waals surface area (Å²) in [6, 6.07) is 3.59. The maximum Gasteiger partial charge on any atom is 0.133 e. The van der Waals surface area contributed by atoms with Crippen molar-refractivity contribution >= 4 is 17.5 Å². The molecule has 1 aromatic heterocycles. The smallest absolute Gasteiger partial charge is 0.133 e. The van der Waals surface area contributed by atoms with Gasteiger partial charge in [0.25, 0.3) is 0 Å². The molecule has 16 heavy (non-hydrogen) atoms. The van der Waals surface area contributed by atoms with E-state index in [1.165, 1.54) is 6.21 Å². The molecule has 0 amide bonds. The lowest BCUT2D eigenvalue weighted by molar-refractivity contribution is 1.20. The van der Waals surface area contributed by atoms with Gasteiger partial charge in [0.1, 0.15) is 11.8 Å². The molecule has 0 atom stereocenters. The van der Waals surface area contributed by atoms with Crippen LogP contribution in [0.25, 0.3) is 5.57 Å². The summed E-state index contributed by atoms with van der Waals surface area (Å²) in [5.74, 6) is 0. The Hall–Kier alpha value is -2.41. The topological polar surface area (TPSA) is 75.1 Å².